The van der Waals surface area contributed by atoms with Gasteiger partial charge in [-0.3, -0.25) is 0 Å². The molecule has 4 saturated carbocycles. The lowest BCUT2D eigenvalue weighted by atomic mass is 9.51. The Hall–Kier alpha value is -0.730. The van der Waals surface area contributed by atoms with Crippen LogP contribution in [0.4, 0.5) is 0 Å². The summed E-state index contributed by atoms with van der Waals surface area (Å²) >= 11 is 0. The van der Waals surface area contributed by atoms with Crippen molar-refractivity contribution in [1.29, 1.82) is 0 Å². The van der Waals surface area contributed by atoms with Gasteiger partial charge in [-0.25, -0.2) is 0 Å². The highest BCUT2D eigenvalue weighted by molar-refractivity contribution is 5.19. The number of aliphatic hydroxyl groups is 1. The summed E-state index contributed by atoms with van der Waals surface area (Å²) < 4.78 is 0. The molecule has 0 heterocycles. The molecule has 0 aliphatic heterocycles. The van der Waals surface area contributed by atoms with E-state index in [1.54, 1.807) is 0 Å². The summed E-state index contributed by atoms with van der Waals surface area (Å²) in [4.78, 5) is 2.96. The monoisotopic (exact) mass is 192 g/mol. The number of rotatable bonds is 1. The molecule has 4 atom stereocenters. The summed E-state index contributed by atoms with van der Waals surface area (Å²) in [7, 11) is 0. The van der Waals surface area contributed by atoms with Gasteiger partial charge in [-0.2, -0.15) is 0 Å². The topological polar surface area (TPSA) is 69.0 Å². The Kier molecular flexibility index (Phi) is 1.49. The van der Waals surface area contributed by atoms with Crippen LogP contribution in [0.5, 0.6) is 0 Å². The van der Waals surface area contributed by atoms with E-state index in [0.29, 0.717) is 18.3 Å². The highest BCUT2D eigenvalue weighted by Gasteiger charge is 2.57. The second-order valence-electron chi connectivity index (χ2n) is 5.33. The lowest BCUT2D eigenvalue weighted by Crippen LogP contribution is -2.58. The lowest BCUT2D eigenvalue weighted by Gasteiger charge is -2.58. The predicted molar refractivity (Wildman–Crippen MR) is 51.2 cm³/mol. The average molecular weight is 192 g/mol. The Morgan fingerprint density at radius 3 is 2.93 bits per heavy atom. The van der Waals surface area contributed by atoms with Gasteiger partial charge in [0.05, 0.1) is 11.1 Å². The first-order valence-corrected chi connectivity index (χ1v) is 5.28. The Bertz CT molecular complexity index is 307. The summed E-state index contributed by atoms with van der Waals surface area (Å²) in [5.74, 6) is 1.05. The quantitative estimate of drug-likeness (QED) is 0.386. The van der Waals surface area contributed by atoms with Crippen molar-refractivity contribution in [2.45, 2.75) is 43.2 Å². The standard InChI is InChI=1S/C10H14N3O/c11-13-12-9-2-7-1-8(3-9)5-10(14,4-7)6-9/h4,7-8,14H,1-3,5-6H2/t7-,8+,9-,10-/m1/s1. The molecule has 0 aromatic rings. The maximum Gasteiger partial charge on any atom is 0.0691 e. The van der Waals surface area contributed by atoms with Gasteiger partial charge >= 0.3 is 0 Å². The Morgan fingerprint density at radius 1 is 1.43 bits per heavy atom. The molecule has 1 N–H and O–H groups in total. The predicted octanol–water partition coefficient (Wildman–Crippen LogP) is 2.19. The van der Waals surface area contributed by atoms with E-state index in [9.17, 15) is 5.11 Å². The average Bonchev–Trinajstić information content (AvgIpc) is 1.97. The molecular formula is C10H14N3O. The van der Waals surface area contributed by atoms with E-state index in [4.69, 9.17) is 5.53 Å². The minimum absolute atomic E-state index is 0.260. The number of nitrogens with zero attached hydrogens (tertiary/aromatic N) is 3. The van der Waals surface area contributed by atoms with Gasteiger partial charge < -0.3 is 5.11 Å². The van der Waals surface area contributed by atoms with Gasteiger partial charge in [-0.15, -0.1) is 0 Å². The van der Waals surface area contributed by atoms with E-state index in [1.165, 1.54) is 6.42 Å². The van der Waals surface area contributed by atoms with Crippen LogP contribution in [0, 0.1) is 18.3 Å². The number of hydrogen-bond acceptors (Lipinski definition) is 2. The van der Waals surface area contributed by atoms with E-state index in [-0.39, 0.29) is 5.54 Å². The summed E-state index contributed by atoms with van der Waals surface area (Å²) in [6, 6.07) is 0. The van der Waals surface area contributed by atoms with Gasteiger partial charge in [0.2, 0.25) is 0 Å². The summed E-state index contributed by atoms with van der Waals surface area (Å²) in [6.45, 7) is 0. The fourth-order valence-corrected chi connectivity index (χ4v) is 4.05. The summed E-state index contributed by atoms with van der Waals surface area (Å²) in [5.41, 5.74) is 7.69. The molecule has 4 fully saturated rings. The molecule has 4 aliphatic rings. The first-order valence-electron chi connectivity index (χ1n) is 5.28. The maximum absolute atomic E-state index is 10.3. The van der Waals surface area contributed by atoms with E-state index in [0.717, 1.165) is 19.3 Å². The summed E-state index contributed by atoms with van der Waals surface area (Å²) in [5, 5.41) is 14.2. The highest BCUT2D eigenvalue weighted by atomic mass is 16.3. The lowest BCUT2D eigenvalue weighted by molar-refractivity contribution is -0.0913. The minimum atomic E-state index is -0.627. The molecule has 0 aromatic carbocycles. The number of hydrogen-bond donors (Lipinski definition) is 1. The molecule has 1 radical (unpaired) electrons. The van der Waals surface area contributed by atoms with Crippen molar-refractivity contribution in [1.82, 2.24) is 0 Å². The third kappa shape index (κ3) is 1.07. The van der Waals surface area contributed by atoms with Gasteiger partial charge in [0.25, 0.3) is 0 Å². The largest absolute Gasteiger partial charge is 0.390 e. The molecule has 4 rings (SSSR count). The smallest absolute Gasteiger partial charge is 0.0691 e. The molecule has 75 valence electrons. The molecule has 0 saturated heterocycles. The van der Waals surface area contributed by atoms with Gasteiger partial charge in [-0.05, 0) is 55.9 Å². The van der Waals surface area contributed by atoms with Gasteiger partial charge in [0, 0.05) is 4.91 Å². The zero-order valence-corrected chi connectivity index (χ0v) is 8.06. The zero-order valence-electron chi connectivity index (χ0n) is 8.06. The molecule has 4 bridgehead atoms. The molecule has 4 nitrogen and oxygen atoms in total. The Morgan fingerprint density at radius 2 is 2.29 bits per heavy atom. The van der Waals surface area contributed by atoms with Crippen molar-refractivity contribution in [3.8, 4) is 0 Å². The zero-order chi connectivity index (χ0) is 9.81. The van der Waals surface area contributed by atoms with Crippen LogP contribution in [0.3, 0.4) is 0 Å². The van der Waals surface area contributed by atoms with Crippen LogP contribution in [-0.4, -0.2) is 16.2 Å². The molecule has 14 heavy (non-hydrogen) atoms. The van der Waals surface area contributed by atoms with Gasteiger partial charge in [0.1, 0.15) is 0 Å². The van der Waals surface area contributed by atoms with Crippen LogP contribution in [0.25, 0.3) is 10.4 Å². The van der Waals surface area contributed by atoms with Crippen LogP contribution < -0.4 is 0 Å². The van der Waals surface area contributed by atoms with Gasteiger partial charge in [-0.1, -0.05) is 5.11 Å². The van der Waals surface area contributed by atoms with Crippen molar-refractivity contribution < 1.29 is 5.11 Å². The van der Waals surface area contributed by atoms with Crippen LogP contribution >= 0.6 is 0 Å². The Labute approximate surface area is 82.9 Å². The van der Waals surface area contributed by atoms with E-state index in [2.05, 4.69) is 16.4 Å². The van der Waals surface area contributed by atoms with Crippen LogP contribution in [0.15, 0.2) is 5.11 Å². The third-order valence-electron chi connectivity index (χ3n) is 4.03. The maximum atomic E-state index is 10.3. The molecule has 4 heteroatoms. The molecule has 0 spiro atoms. The van der Waals surface area contributed by atoms with E-state index in [1.807, 2.05) is 0 Å². The van der Waals surface area contributed by atoms with E-state index >= 15 is 0 Å². The van der Waals surface area contributed by atoms with Crippen molar-refractivity contribution in [2.24, 2.45) is 17.0 Å². The normalized spacial score (nSPS) is 54.4. The molecule has 4 aliphatic carbocycles. The van der Waals surface area contributed by atoms with E-state index < -0.39 is 5.60 Å². The second-order valence-corrected chi connectivity index (χ2v) is 5.33. The fraction of sp³-hybridized carbons (Fsp3) is 0.900. The van der Waals surface area contributed by atoms with Crippen molar-refractivity contribution >= 4 is 0 Å². The fourth-order valence-electron chi connectivity index (χ4n) is 4.05. The van der Waals surface area contributed by atoms with Crippen molar-refractivity contribution in [3.63, 3.8) is 0 Å². The second kappa shape index (κ2) is 2.44. The molecule has 0 amide bonds. The SMILES string of the molecule is [N-]=[N+]=N[C@]12C[C@@H]3[CH][C@@](O)(C[C@@H](C3)C1)C2. The third-order valence-corrected chi connectivity index (χ3v) is 4.03. The molecular weight excluding hydrogens is 178 g/mol. The van der Waals surface area contributed by atoms with Crippen LogP contribution in [0.1, 0.15) is 32.1 Å². The van der Waals surface area contributed by atoms with Crippen LogP contribution in [-0.2, 0) is 0 Å². The first-order chi connectivity index (χ1) is 6.63. The highest BCUT2D eigenvalue weighted by Crippen LogP contribution is 2.58. The Balaban J connectivity index is 2.00. The summed E-state index contributed by atoms with van der Waals surface area (Å²) in [6.07, 6.45) is 6.75. The van der Waals surface area contributed by atoms with Gasteiger partial charge in [0.15, 0.2) is 0 Å². The van der Waals surface area contributed by atoms with Crippen molar-refractivity contribution in [3.05, 3.63) is 16.9 Å². The molecule has 0 unspecified atom stereocenters. The molecule has 0 aromatic heterocycles. The first kappa shape index (κ1) is 8.57. The van der Waals surface area contributed by atoms with Crippen molar-refractivity contribution in [2.75, 3.05) is 0 Å². The number of azide groups is 1. The van der Waals surface area contributed by atoms with Crippen LogP contribution in [0.2, 0.25) is 0 Å². The minimum Gasteiger partial charge on any atom is -0.390 e.